The number of methoxy groups -OCH3 is 1. The quantitative estimate of drug-likeness (QED) is 0.882. The average Bonchev–Trinajstić information content (AvgIpc) is 3.07. The first-order valence-electron chi connectivity index (χ1n) is 5.66. The molecule has 1 heterocycles. The number of amides is 1. The Labute approximate surface area is 98.6 Å². The Morgan fingerprint density at radius 1 is 1.41 bits per heavy atom. The number of carbonyl (C=O) groups is 1. The molecule has 4 nitrogen and oxygen atoms in total. The Bertz CT molecular complexity index is 569. The number of benzene rings is 1. The summed E-state index contributed by atoms with van der Waals surface area (Å²) in [5.41, 5.74) is 0.672. The van der Waals surface area contributed by atoms with E-state index < -0.39 is 0 Å². The molecule has 0 spiro atoms. The van der Waals surface area contributed by atoms with Crippen LogP contribution < -0.4 is 10.1 Å². The minimum Gasteiger partial charge on any atom is -0.492 e. The molecule has 0 aliphatic heterocycles. The number of carbonyl (C=O) groups excluding carboxylic acids is 1. The summed E-state index contributed by atoms with van der Waals surface area (Å²) in [6.07, 6.45) is 2.10. The van der Waals surface area contributed by atoms with E-state index in [0.717, 1.165) is 18.2 Å². The van der Waals surface area contributed by atoms with E-state index in [1.54, 1.807) is 7.11 Å². The van der Waals surface area contributed by atoms with Gasteiger partial charge in [0, 0.05) is 6.04 Å². The van der Waals surface area contributed by atoms with Crippen molar-refractivity contribution in [2.45, 2.75) is 18.9 Å². The van der Waals surface area contributed by atoms with Gasteiger partial charge in [-0.2, -0.15) is 0 Å². The smallest absolute Gasteiger partial charge is 0.291 e. The molecule has 1 saturated carbocycles. The van der Waals surface area contributed by atoms with Crippen molar-refractivity contribution in [2.24, 2.45) is 0 Å². The number of para-hydroxylation sites is 1. The molecule has 1 N–H and O–H groups in total. The summed E-state index contributed by atoms with van der Waals surface area (Å²) in [6.45, 7) is 0. The highest BCUT2D eigenvalue weighted by Gasteiger charge is 2.28. The molecule has 1 amide bonds. The molecule has 4 heteroatoms. The minimum absolute atomic E-state index is 0.194. The normalized spacial score (nSPS) is 14.9. The van der Waals surface area contributed by atoms with Gasteiger partial charge in [0.2, 0.25) is 5.76 Å². The maximum atomic E-state index is 12.0. The number of fused-ring (bicyclic) bond motifs is 1. The van der Waals surface area contributed by atoms with Crippen LogP contribution in [0.15, 0.2) is 28.7 Å². The van der Waals surface area contributed by atoms with E-state index in [1.165, 1.54) is 0 Å². The third-order valence-corrected chi connectivity index (χ3v) is 2.87. The fraction of sp³-hybridized carbons (Fsp3) is 0.308. The Kier molecular flexibility index (Phi) is 2.28. The lowest BCUT2D eigenvalue weighted by Gasteiger charge is -2.02. The van der Waals surface area contributed by atoms with Crippen LogP contribution in [0.5, 0.6) is 5.75 Å². The first-order chi connectivity index (χ1) is 8.29. The van der Waals surface area contributed by atoms with Crippen LogP contribution in [0, 0.1) is 0 Å². The molecule has 2 aromatic rings. The molecule has 17 heavy (non-hydrogen) atoms. The van der Waals surface area contributed by atoms with Gasteiger partial charge in [0.25, 0.3) is 5.91 Å². The van der Waals surface area contributed by atoms with Gasteiger partial charge in [0.1, 0.15) is 5.58 Å². The molecule has 0 saturated heterocycles. The summed E-state index contributed by atoms with van der Waals surface area (Å²) in [5, 5.41) is 3.72. The number of hydrogen-bond acceptors (Lipinski definition) is 3. The molecule has 3 rings (SSSR count). The first-order valence-corrected chi connectivity index (χ1v) is 5.66. The molecule has 1 aromatic carbocycles. The minimum atomic E-state index is -0.194. The van der Waals surface area contributed by atoms with E-state index in [-0.39, 0.29) is 11.7 Å². The zero-order valence-electron chi connectivity index (χ0n) is 9.53. The molecule has 0 unspecified atom stereocenters. The summed E-state index contributed by atoms with van der Waals surface area (Å²) < 4.78 is 10.8. The number of nitrogens with one attached hydrogen (secondary N) is 1. The molecular weight excluding hydrogens is 218 g/mol. The van der Waals surface area contributed by atoms with Crippen molar-refractivity contribution in [1.82, 2.24) is 5.32 Å². The van der Waals surface area contributed by atoms with Gasteiger partial charge in [0.15, 0.2) is 5.75 Å². The van der Waals surface area contributed by atoms with Gasteiger partial charge in [-0.15, -0.1) is 0 Å². The third kappa shape index (κ3) is 1.75. The van der Waals surface area contributed by atoms with E-state index in [4.69, 9.17) is 9.15 Å². The maximum Gasteiger partial charge on any atom is 0.291 e. The van der Waals surface area contributed by atoms with Crippen LogP contribution in [0.4, 0.5) is 0 Å². The lowest BCUT2D eigenvalue weighted by atomic mass is 10.2. The molecule has 1 fully saturated rings. The molecule has 1 aliphatic carbocycles. The fourth-order valence-electron chi connectivity index (χ4n) is 1.85. The van der Waals surface area contributed by atoms with Gasteiger partial charge < -0.3 is 14.5 Å². The van der Waals surface area contributed by atoms with Crippen LogP contribution in [0.2, 0.25) is 0 Å². The van der Waals surface area contributed by atoms with Gasteiger partial charge >= 0.3 is 0 Å². The van der Waals surface area contributed by atoms with Crippen molar-refractivity contribution < 1.29 is 13.9 Å². The van der Waals surface area contributed by atoms with Crippen molar-refractivity contribution >= 4 is 16.9 Å². The van der Waals surface area contributed by atoms with Crippen molar-refractivity contribution in [1.29, 1.82) is 0 Å². The molecular formula is C13H13NO3. The molecule has 0 atom stereocenters. The summed E-state index contributed by atoms with van der Waals surface area (Å²) in [5.74, 6) is 0.583. The van der Waals surface area contributed by atoms with E-state index >= 15 is 0 Å². The number of rotatable bonds is 3. The first kappa shape index (κ1) is 10.2. The third-order valence-electron chi connectivity index (χ3n) is 2.87. The molecule has 88 valence electrons. The van der Waals surface area contributed by atoms with E-state index in [0.29, 0.717) is 17.4 Å². The van der Waals surface area contributed by atoms with Crippen molar-refractivity contribution in [2.75, 3.05) is 7.11 Å². The van der Waals surface area contributed by atoms with Crippen molar-refractivity contribution in [3.63, 3.8) is 0 Å². The highest BCUT2D eigenvalue weighted by Crippen LogP contribution is 2.33. The fourth-order valence-corrected chi connectivity index (χ4v) is 1.85. The highest BCUT2D eigenvalue weighted by molar-refractivity contribution is 6.01. The van der Waals surface area contributed by atoms with Crippen molar-refractivity contribution in [3.05, 3.63) is 30.0 Å². The number of ether oxygens (including phenoxy) is 1. The summed E-state index contributed by atoms with van der Waals surface area (Å²) in [6, 6.07) is 7.77. The monoisotopic (exact) mass is 231 g/mol. The zero-order chi connectivity index (χ0) is 11.8. The van der Waals surface area contributed by atoms with E-state index in [9.17, 15) is 4.79 Å². The lowest BCUT2D eigenvalue weighted by molar-refractivity contribution is 0.0921. The summed E-state index contributed by atoms with van der Waals surface area (Å²) in [4.78, 5) is 12.0. The topological polar surface area (TPSA) is 51.5 Å². The lowest BCUT2D eigenvalue weighted by Crippen LogP contribution is -2.25. The average molecular weight is 231 g/mol. The zero-order valence-corrected chi connectivity index (χ0v) is 9.53. The maximum absolute atomic E-state index is 12.0. The predicted molar refractivity (Wildman–Crippen MR) is 63.3 cm³/mol. The second-order valence-corrected chi connectivity index (χ2v) is 4.21. The van der Waals surface area contributed by atoms with E-state index in [1.807, 2.05) is 24.3 Å². The SMILES string of the molecule is COc1c(C(=O)NC2CC2)oc2ccccc12. The van der Waals surface area contributed by atoms with Crippen LogP contribution >= 0.6 is 0 Å². The Morgan fingerprint density at radius 3 is 2.88 bits per heavy atom. The van der Waals surface area contributed by atoms with Crippen LogP contribution in [0.3, 0.4) is 0 Å². The highest BCUT2D eigenvalue weighted by atomic mass is 16.5. The number of hydrogen-bond donors (Lipinski definition) is 1. The second kappa shape index (κ2) is 3.80. The molecule has 0 radical (unpaired) electrons. The molecule has 0 bridgehead atoms. The molecule has 1 aromatic heterocycles. The Morgan fingerprint density at radius 2 is 2.18 bits per heavy atom. The number of furan rings is 1. The van der Waals surface area contributed by atoms with Crippen LogP contribution in [0.1, 0.15) is 23.4 Å². The second-order valence-electron chi connectivity index (χ2n) is 4.21. The van der Waals surface area contributed by atoms with Gasteiger partial charge in [-0.05, 0) is 25.0 Å². The van der Waals surface area contributed by atoms with Crippen LogP contribution in [-0.4, -0.2) is 19.1 Å². The Balaban J connectivity index is 2.04. The molecule has 1 aliphatic rings. The van der Waals surface area contributed by atoms with Crippen LogP contribution in [-0.2, 0) is 0 Å². The van der Waals surface area contributed by atoms with Gasteiger partial charge in [-0.1, -0.05) is 12.1 Å². The van der Waals surface area contributed by atoms with Gasteiger partial charge in [0.05, 0.1) is 12.5 Å². The van der Waals surface area contributed by atoms with Gasteiger partial charge in [-0.3, -0.25) is 4.79 Å². The Hall–Kier alpha value is -1.97. The van der Waals surface area contributed by atoms with Gasteiger partial charge in [-0.25, -0.2) is 0 Å². The van der Waals surface area contributed by atoms with Crippen molar-refractivity contribution in [3.8, 4) is 5.75 Å². The summed E-state index contributed by atoms with van der Waals surface area (Å²) in [7, 11) is 1.55. The largest absolute Gasteiger partial charge is 0.492 e. The predicted octanol–water partition coefficient (Wildman–Crippen LogP) is 2.33. The standard InChI is InChI=1S/C13H13NO3/c1-16-11-9-4-2-3-5-10(9)17-12(11)13(15)14-8-6-7-8/h2-5,8H,6-7H2,1H3,(H,14,15). The van der Waals surface area contributed by atoms with E-state index in [2.05, 4.69) is 5.32 Å². The summed E-state index contributed by atoms with van der Waals surface area (Å²) >= 11 is 0. The van der Waals surface area contributed by atoms with Crippen LogP contribution in [0.25, 0.3) is 11.0 Å².